The number of hydrogen-bond acceptors (Lipinski definition) is 2. The fourth-order valence-electron chi connectivity index (χ4n) is 1.60. The maximum atomic E-state index is 12.9. The molecule has 1 rings (SSSR count). The van der Waals surface area contributed by atoms with E-state index in [4.69, 9.17) is 0 Å². The zero-order valence-corrected chi connectivity index (χ0v) is 11.2. The van der Waals surface area contributed by atoms with Crippen molar-refractivity contribution in [3.63, 3.8) is 0 Å². The van der Waals surface area contributed by atoms with Crippen molar-refractivity contribution >= 4 is 0 Å². The van der Waals surface area contributed by atoms with Gasteiger partial charge in [-0.15, -0.1) is 0 Å². The zero-order chi connectivity index (χ0) is 16.1. The van der Waals surface area contributed by atoms with Crippen molar-refractivity contribution in [2.24, 2.45) is 0 Å². The highest BCUT2D eigenvalue weighted by Gasteiger charge is 2.36. The molecular weight excluding hydrogens is 300 g/mol. The molecular formula is C13H15F6NO. The summed E-state index contributed by atoms with van der Waals surface area (Å²) in [7, 11) is 0. The third-order valence-electron chi connectivity index (χ3n) is 2.50. The third-order valence-corrected chi connectivity index (χ3v) is 2.50. The van der Waals surface area contributed by atoms with Crippen molar-refractivity contribution in [3.05, 3.63) is 29.3 Å². The van der Waals surface area contributed by atoms with Gasteiger partial charge in [0.2, 0.25) is 0 Å². The Morgan fingerprint density at radius 2 is 1.76 bits per heavy atom. The van der Waals surface area contributed by atoms with E-state index in [1.54, 1.807) is 0 Å². The minimum atomic E-state index is -4.78. The SMILES string of the molecule is CCCNCc1ccc(OCC(F)(F)F)c(C(F)(F)F)c1. The monoisotopic (exact) mass is 315 g/mol. The molecule has 0 aliphatic carbocycles. The van der Waals surface area contributed by atoms with Gasteiger partial charge in [-0.2, -0.15) is 26.3 Å². The van der Waals surface area contributed by atoms with Crippen molar-refractivity contribution in [1.82, 2.24) is 5.32 Å². The lowest BCUT2D eigenvalue weighted by molar-refractivity contribution is -0.158. The van der Waals surface area contributed by atoms with E-state index < -0.39 is 30.3 Å². The first-order valence-electron chi connectivity index (χ1n) is 6.24. The summed E-state index contributed by atoms with van der Waals surface area (Å²) < 4.78 is 78.9. The summed E-state index contributed by atoms with van der Waals surface area (Å²) in [6.07, 6.45) is -8.65. The Hall–Kier alpha value is -1.44. The number of rotatable bonds is 6. The average molecular weight is 315 g/mol. The lowest BCUT2D eigenvalue weighted by Gasteiger charge is -2.16. The molecule has 0 aromatic heterocycles. The number of hydrogen-bond donors (Lipinski definition) is 1. The Labute approximate surface area is 118 Å². The summed E-state index contributed by atoms with van der Waals surface area (Å²) >= 11 is 0. The van der Waals surface area contributed by atoms with E-state index in [0.29, 0.717) is 12.1 Å². The van der Waals surface area contributed by atoms with Crippen LogP contribution in [0.2, 0.25) is 0 Å². The van der Waals surface area contributed by atoms with Crippen LogP contribution in [0, 0.1) is 0 Å². The molecule has 1 aromatic carbocycles. The van der Waals surface area contributed by atoms with Gasteiger partial charge in [-0.1, -0.05) is 13.0 Å². The first-order chi connectivity index (χ1) is 9.63. The van der Waals surface area contributed by atoms with Crippen LogP contribution in [-0.4, -0.2) is 19.3 Å². The Kier molecular flexibility index (Phi) is 5.88. The first-order valence-corrected chi connectivity index (χ1v) is 6.24. The molecule has 0 bridgehead atoms. The zero-order valence-electron chi connectivity index (χ0n) is 11.2. The molecule has 0 fully saturated rings. The molecule has 0 unspecified atom stereocenters. The van der Waals surface area contributed by atoms with E-state index in [0.717, 1.165) is 18.6 Å². The van der Waals surface area contributed by atoms with Gasteiger partial charge in [0.1, 0.15) is 5.75 Å². The van der Waals surface area contributed by atoms with E-state index >= 15 is 0 Å². The van der Waals surface area contributed by atoms with Gasteiger partial charge >= 0.3 is 12.4 Å². The largest absolute Gasteiger partial charge is 0.483 e. The molecule has 1 N–H and O–H groups in total. The molecule has 0 saturated carbocycles. The minimum Gasteiger partial charge on any atom is -0.483 e. The van der Waals surface area contributed by atoms with Crippen molar-refractivity contribution in [2.45, 2.75) is 32.2 Å². The molecule has 2 nitrogen and oxygen atoms in total. The molecule has 0 atom stereocenters. The summed E-state index contributed by atoms with van der Waals surface area (Å²) in [4.78, 5) is 0. The standard InChI is InChI=1S/C13H15F6NO/c1-2-5-20-7-9-3-4-11(21-8-12(14,15)16)10(6-9)13(17,18)19/h3-4,6,20H,2,5,7-8H2,1H3. The van der Waals surface area contributed by atoms with E-state index in [9.17, 15) is 26.3 Å². The van der Waals surface area contributed by atoms with E-state index in [2.05, 4.69) is 10.1 Å². The van der Waals surface area contributed by atoms with Crippen LogP contribution in [0.5, 0.6) is 5.75 Å². The maximum absolute atomic E-state index is 12.9. The Morgan fingerprint density at radius 3 is 2.29 bits per heavy atom. The lowest BCUT2D eigenvalue weighted by atomic mass is 10.1. The second-order valence-corrected chi connectivity index (χ2v) is 4.41. The molecule has 120 valence electrons. The highest BCUT2D eigenvalue weighted by atomic mass is 19.4. The molecule has 0 radical (unpaired) electrons. The second-order valence-electron chi connectivity index (χ2n) is 4.41. The maximum Gasteiger partial charge on any atom is 0.422 e. The smallest absolute Gasteiger partial charge is 0.422 e. The molecule has 0 aliphatic rings. The summed E-state index contributed by atoms with van der Waals surface area (Å²) in [5.41, 5.74) is -0.877. The van der Waals surface area contributed by atoms with E-state index in [1.807, 2.05) is 6.92 Å². The van der Waals surface area contributed by atoms with Crippen LogP contribution in [-0.2, 0) is 12.7 Å². The van der Waals surface area contributed by atoms with Gasteiger partial charge in [-0.05, 0) is 30.7 Å². The molecule has 0 amide bonds. The number of alkyl halides is 6. The third kappa shape index (κ3) is 6.24. The quantitative estimate of drug-likeness (QED) is 0.629. The van der Waals surface area contributed by atoms with Crippen molar-refractivity contribution in [2.75, 3.05) is 13.2 Å². The van der Waals surface area contributed by atoms with E-state index in [1.165, 1.54) is 6.07 Å². The van der Waals surface area contributed by atoms with Crippen LogP contribution in [0.4, 0.5) is 26.3 Å². The second kappa shape index (κ2) is 7.02. The topological polar surface area (TPSA) is 21.3 Å². The number of ether oxygens (including phenoxy) is 1. The predicted molar refractivity (Wildman–Crippen MR) is 65.0 cm³/mol. The normalized spacial score (nSPS) is 12.5. The summed E-state index contributed by atoms with van der Waals surface area (Å²) in [5, 5.41) is 2.92. The lowest BCUT2D eigenvalue weighted by Crippen LogP contribution is -2.21. The van der Waals surface area contributed by atoms with Crippen molar-refractivity contribution in [3.8, 4) is 5.75 Å². The van der Waals surface area contributed by atoms with Gasteiger partial charge in [-0.25, -0.2) is 0 Å². The van der Waals surface area contributed by atoms with Gasteiger partial charge in [0.05, 0.1) is 5.56 Å². The number of benzene rings is 1. The Bertz CT molecular complexity index is 455. The molecule has 21 heavy (non-hydrogen) atoms. The van der Waals surface area contributed by atoms with E-state index in [-0.39, 0.29) is 6.54 Å². The fraction of sp³-hybridized carbons (Fsp3) is 0.538. The molecule has 0 saturated heterocycles. The predicted octanol–water partition coefficient (Wildman–Crippen LogP) is 4.15. The molecule has 0 aliphatic heterocycles. The van der Waals surface area contributed by atoms with Crippen LogP contribution in [0.3, 0.4) is 0 Å². The molecule has 0 heterocycles. The number of nitrogens with one attached hydrogen (secondary N) is 1. The van der Waals surface area contributed by atoms with Gasteiger partial charge in [0.15, 0.2) is 6.61 Å². The summed E-state index contributed by atoms with van der Waals surface area (Å²) in [6, 6.07) is 3.02. The van der Waals surface area contributed by atoms with Crippen LogP contribution in [0.25, 0.3) is 0 Å². The van der Waals surface area contributed by atoms with Gasteiger partial charge in [0.25, 0.3) is 0 Å². The highest BCUT2D eigenvalue weighted by molar-refractivity contribution is 5.39. The molecule has 8 heteroatoms. The number of halogens is 6. The highest BCUT2D eigenvalue weighted by Crippen LogP contribution is 2.37. The molecule has 0 spiro atoms. The average Bonchev–Trinajstić information content (AvgIpc) is 2.35. The van der Waals surface area contributed by atoms with Gasteiger partial charge in [0, 0.05) is 6.54 Å². The Morgan fingerprint density at radius 1 is 1.10 bits per heavy atom. The minimum absolute atomic E-state index is 0.205. The first kappa shape index (κ1) is 17.6. The van der Waals surface area contributed by atoms with Crippen LogP contribution in [0.1, 0.15) is 24.5 Å². The van der Waals surface area contributed by atoms with Crippen LogP contribution >= 0.6 is 0 Å². The van der Waals surface area contributed by atoms with Crippen molar-refractivity contribution < 1.29 is 31.1 Å². The summed E-state index contributed by atoms with van der Waals surface area (Å²) in [6.45, 7) is 0.982. The van der Waals surface area contributed by atoms with Crippen LogP contribution < -0.4 is 10.1 Å². The molecule has 1 aromatic rings. The van der Waals surface area contributed by atoms with Crippen LogP contribution in [0.15, 0.2) is 18.2 Å². The van der Waals surface area contributed by atoms with Gasteiger partial charge in [-0.3, -0.25) is 0 Å². The fourth-order valence-corrected chi connectivity index (χ4v) is 1.60. The summed E-state index contributed by atoms with van der Waals surface area (Å²) in [5.74, 6) is -0.820. The van der Waals surface area contributed by atoms with Crippen molar-refractivity contribution in [1.29, 1.82) is 0 Å². The Balaban J connectivity index is 2.92. The van der Waals surface area contributed by atoms with Gasteiger partial charge < -0.3 is 10.1 Å².